The maximum Gasteiger partial charge on any atom is 0.253 e. The number of hydrogen-bond donors (Lipinski definition) is 1. The molecule has 5 rings (SSSR count). The van der Waals surface area contributed by atoms with Crippen molar-refractivity contribution in [3.63, 3.8) is 0 Å². The summed E-state index contributed by atoms with van der Waals surface area (Å²) in [7, 11) is 0. The van der Waals surface area contributed by atoms with E-state index >= 15 is 0 Å². The van der Waals surface area contributed by atoms with Gasteiger partial charge in [-0.15, -0.1) is 0 Å². The molecule has 2 heterocycles. The number of hydrogen-bond acceptors (Lipinski definition) is 5. The van der Waals surface area contributed by atoms with Gasteiger partial charge in [0, 0.05) is 50.3 Å². The average Bonchev–Trinajstić information content (AvgIpc) is 3.47. The van der Waals surface area contributed by atoms with Crippen molar-refractivity contribution in [3.05, 3.63) is 53.6 Å². The number of amides is 3. The van der Waals surface area contributed by atoms with Crippen molar-refractivity contribution < 1.29 is 23.9 Å². The fourth-order valence-corrected chi connectivity index (χ4v) is 4.43. The number of fused-ring (bicyclic) bond motifs is 1. The Morgan fingerprint density at radius 1 is 0.906 bits per heavy atom. The lowest BCUT2D eigenvalue weighted by Crippen LogP contribution is -2.51. The van der Waals surface area contributed by atoms with E-state index in [1.807, 2.05) is 23.1 Å². The molecule has 0 spiro atoms. The van der Waals surface area contributed by atoms with E-state index in [4.69, 9.17) is 9.47 Å². The van der Waals surface area contributed by atoms with Crippen molar-refractivity contribution >= 4 is 23.4 Å². The molecule has 1 N–H and O–H groups in total. The Bertz CT molecular complexity index is 1060. The lowest BCUT2D eigenvalue weighted by Gasteiger charge is -2.35. The predicted molar refractivity (Wildman–Crippen MR) is 117 cm³/mol. The molecule has 1 aliphatic carbocycles. The summed E-state index contributed by atoms with van der Waals surface area (Å²) in [5.74, 6) is 1.68. The van der Waals surface area contributed by atoms with E-state index in [0.717, 1.165) is 23.5 Å². The number of piperazine rings is 1. The van der Waals surface area contributed by atoms with Crippen LogP contribution in [0.4, 0.5) is 5.69 Å². The molecule has 2 aliphatic heterocycles. The largest absolute Gasteiger partial charge is 0.454 e. The van der Waals surface area contributed by atoms with Crippen LogP contribution in [-0.4, -0.2) is 60.5 Å². The Morgan fingerprint density at radius 2 is 1.59 bits per heavy atom. The van der Waals surface area contributed by atoms with Crippen molar-refractivity contribution in [1.82, 2.24) is 9.80 Å². The standard InChI is InChI=1S/C24H25N3O5/c1-15(28)25-18-5-2-16(3-6-18)23(29)26-8-10-27(11-9-26)24(30)20-13-19(20)17-4-7-21-22(12-17)32-14-31-21/h2-7,12,19-20H,8-11,13-14H2,1H3,(H,25,28). The normalized spacial score (nSPS) is 21.3. The SMILES string of the molecule is CC(=O)Nc1ccc(C(=O)N2CCN(C(=O)C3CC3c3ccc4c(c3)OCO4)CC2)cc1. The summed E-state index contributed by atoms with van der Waals surface area (Å²) in [4.78, 5) is 40.6. The van der Waals surface area contributed by atoms with Crippen molar-refractivity contribution in [2.45, 2.75) is 19.3 Å². The van der Waals surface area contributed by atoms with E-state index in [0.29, 0.717) is 37.4 Å². The van der Waals surface area contributed by atoms with Crippen molar-refractivity contribution in [1.29, 1.82) is 0 Å². The molecular weight excluding hydrogens is 410 g/mol. The van der Waals surface area contributed by atoms with Gasteiger partial charge in [0.1, 0.15) is 0 Å². The summed E-state index contributed by atoms with van der Waals surface area (Å²) in [6, 6.07) is 12.8. The summed E-state index contributed by atoms with van der Waals surface area (Å²) in [6.45, 7) is 3.80. The Morgan fingerprint density at radius 3 is 2.31 bits per heavy atom. The number of anilines is 1. The summed E-state index contributed by atoms with van der Waals surface area (Å²) >= 11 is 0. The van der Waals surface area contributed by atoms with Crippen LogP contribution in [0.2, 0.25) is 0 Å². The molecule has 8 nitrogen and oxygen atoms in total. The van der Waals surface area contributed by atoms with Gasteiger partial charge in [-0.2, -0.15) is 0 Å². The van der Waals surface area contributed by atoms with Crippen LogP contribution >= 0.6 is 0 Å². The Kier molecular flexibility index (Phi) is 5.20. The first-order chi connectivity index (χ1) is 15.5. The smallest absolute Gasteiger partial charge is 0.253 e. The van der Waals surface area contributed by atoms with Gasteiger partial charge in [0.15, 0.2) is 11.5 Å². The molecule has 2 atom stereocenters. The fourth-order valence-electron chi connectivity index (χ4n) is 4.43. The van der Waals surface area contributed by atoms with Gasteiger partial charge >= 0.3 is 0 Å². The van der Waals surface area contributed by atoms with E-state index < -0.39 is 0 Å². The third-order valence-electron chi connectivity index (χ3n) is 6.26. The first-order valence-electron chi connectivity index (χ1n) is 10.8. The highest BCUT2D eigenvalue weighted by atomic mass is 16.7. The van der Waals surface area contributed by atoms with E-state index in [1.165, 1.54) is 6.92 Å². The van der Waals surface area contributed by atoms with Gasteiger partial charge in [-0.05, 0) is 54.3 Å². The molecule has 0 aromatic heterocycles. The van der Waals surface area contributed by atoms with Crippen LogP contribution in [0.15, 0.2) is 42.5 Å². The monoisotopic (exact) mass is 435 g/mol. The summed E-state index contributed by atoms with van der Waals surface area (Å²) in [5.41, 5.74) is 2.35. The molecule has 3 aliphatic rings. The lowest BCUT2D eigenvalue weighted by atomic mass is 10.1. The van der Waals surface area contributed by atoms with Crippen LogP contribution in [0.3, 0.4) is 0 Å². The van der Waals surface area contributed by atoms with Crippen LogP contribution in [0, 0.1) is 5.92 Å². The summed E-state index contributed by atoms with van der Waals surface area (Å²) in [5, 5.41) is 2.69. The van der Waals surface area contributed by atoms with Gasteiger partial charge in [0.25, 0.3) is 5.91 Å². The van der Waals surface area contributed by atoms with E-state index in [9.17, 15) is 14.4 Å². The minimum atomic E-state index is -0.152. The number of ether oxygens (including phenoxy) is 2. The van der Waals surface area contributed by atoms with E-state index in [-0.39, 0.29) is 36.4 Å². The highest BCUT2D eigenvalue weighted by molar-refractivity contribution is 5.95. The zero-order valence-electron chi connectivity index (χ0n) is 17.9. The van der Waals surface area contributed by atoms with E-state index in [2.05, 4.69) is 5.32 Å². The molecule has 2 aromatic rings. The molecule has 2 unspecified atom stereocenters. The van der Waals surface area contributed by atoms with Crippen molar-refractivity contribution in [2.75, 3.05) is 38.3 Å². The molecule has 0 radical (unpaired) electrons. The zero-order valence-corrected chi connectivity index (χ0v) is 17.9. The van der Waals surface area contributed by atoms with E-state index in [1.54, 1.807) is 29.2 Å². The zero-order chi connectivity index (χ0) is 22.2. The third kappa shape index (κ3) is 4.00. The highest BCUT2D eigenvalue weighted by Gasteiger charge is 2.46. The Hall–Kier alpha value is -3.55. The van der Waals surface area contributed by atoms with Crippen molar-refractivity contribution in [3.8, 4) is 11.5 Å². The molecule has 3 amide bonds. The molecule has 1 saturated carbocycles. The average molecular weight is 435 g/mol. The minimum absolute atomic E-state index is 0.000978. The molecule has 166 valence electrons. The second-order valence-electron chi connectivity index (χ2n) is 8.44. The maximum atomic E-state index is 13.0. The van der Waals surface area contributed by atoms with Crippen molar-refractivity contribution in [2.24, 2.45) is 5.92 Å². The molecular formula is C24H25N3O5. The van der Waals surface area contributed by atoms with Crippen LogP contribution < -0.4 is 14.8 Å². The quantitative estimate of drug-likeness (QED) is 0.797. The second kappa shape index (κ2) is 8.18. The molecule has 0 bridgehead atoms. The fraction of sp³-hybridized carbons (Fsp3) is 0.375. The van der Waals surface area contributed by atoms with Gasteiger partial charge in [-0.3, -0.25) is 14.4 Å². The molecule has 1 saturated heterocycles. The number of carbonyl (C=O) groups is 3. The van der Waals surface area contributed by atoms with Crippen LogP contribution in [0.1, 0.15) is 35.2 Å². The van der Waals surface area contributed by atoms with Gasteiger partial charge in [0.2, 0.25) is 18.6 Å². The van der Waals surface area contributed by atoms with Crippen LogP contribution in [0.5, 0.6) is 11.5 Å². The first-order valence-corrected chi connectivity index (χ1v) is 10.8. The molecule has 2 fully saturated rings. The summed E-state index contributed by atoms with van der Waals surface area (Å²) < 4.78 is 10.8. The lowest BCUT2D eigenvalue weighted by molar-refractivity contribution is -0.134. The van der Waals surface area contributed by atoms with Crippen LogP contribution in [-0.2, 0) is 9.59 Å². The number of benzene rings is 2. The first kappa shape index (κ1) is 20.4. The third-order valence-corrected chi connectivity index (χ3v) is 6.26. The number of nitrogens with zero attached hydrogens (tertiary/aromatic N) is 2. The van der Waals surface area contributed by atoms with Gasteiger partial charge in [-0.25, -0.2) is 0 Å². The number of rotatable bonds is 4. The highest BCUT2D eigenvalue weighted by Crippen LogP contribution is 2.50. The maximum absolute atomic E-state index is 13.0. The van der Waals surface area contributed by atoms with Gasteiger partial charge in [-0.1, -0.05) is 6.07 Å². The Labute approximate surface area is 186 Å². The Balaban J connectivity index is 1.14. The summed E-state index contributed by atoms with van der Waals surface area (Å²) in [6.07, 6.45) is 0.846. The number of nitrogens with one attached hydrogen (secondary N) is 1. The number of carbonyl (C=O) groups excluding carboxylic acids is 3. The minimum Gasteiger partial charge on any atom is -0.454 e. The topological polar surface area (TPSA) is 88.2 Å². The second-order valence-corrected chi connectivity index (χ2v) is 8.44. The molecule has 32 heavy (non-hydrogen) atoms. The molecule has 2 aromatic carbocycles. The van der Waals surface area contributed by atoms with Crippen LogP contribution in [0.25, 0.3) is 0 Å². The predicted octanol–water partition coefficient (Wildman–Crippen LogP) is 2.46. The van der Waals surface area contributed by atoms with Gasteiger partial charge < -0.3 is 24.6 Å². The van der Waals surface area contributed by atoms with Gasteiger partial charge in [0.05, 0.1) is 0 Å². The molecule has 8 heteroatoms.